The van der Waals surface area contributed by atoms with Crippen molar-refractivity contribution in [1.29, 1.82) is 0 Å². The molecule has 0 saturated carbocycles. The maximum Gasteiger partial charge on any atom is 0.0702 e. The van der Waals surface area contributed by atoms with Crippen LogP contribution in [0.25, 0.3) is 0 Å². The third-order valence-electron chi connectivity index (χ3n) is 4.02. The van der Waals surface area contributed by atoms with Crippen LogP contribution in [0.4, 0.5) is 0 Å². The predicted molar refractivity (Wildman–Crippen MR) is 88.5 cm³/mol. The molecular formula is C15H24BrN5. The molecule has 2 aromatic rings. The predicted octanol–water partition coefficient (Wildman–Crippen LogP) is 3.08. The van der Waals surface area contributed by atoms with Gasteiger partial charge in [-0.15, -0.1) is 0 Å². The summed E-state index contributed by atoms with van der Waals surface area (Å²) in [6.07, 6.45) is 2.78. The summed E-state index contributed by atoms with van der Waals surface area (Å²) in [5, 5.41) is 12.4. The number of hydrogen-bond acceptors (Lipinski definition) is 3. The highest BCUT2D eigenvalue weighted by Gasteiger charge is 2.23. The molecule has 2 aromatic heterocycles. The molecule has 2 rings (SSSR count). The molecule has 21 heavy (non-hydrogen) atoms. The second-order valence-corrected chi connectivity index (χ2v) is 6.59. The highest BCUT2D eigenvalue weighted by atomic mass is 79.9. The fraction of sp³-hybridized carbons (Fsp3) is 0.600. The minimum atomic E-state index is 0.200. The summed E-state index contributed by atoms with van der Waals surface area (Å²) in [7, 11) is 3.99. The van der Waals surface area contributed by atoms with Crippen molar-refractivity contribution in [1.82, 2.24) is 24.9 Å². The van der Waals surface area contributed by atoms with Crippen LogP contribution in [-0.4, -0.2) is 26.6 Å². The van der Waals surface area contributed by atoms with E-state index in [1.807, 2.05) is 25.0 Å². The van der Waals surface area contributed by atoms with Crippen LogP contribution in [-0.2, 0) is 13.5 Å². The van der Waals surface area contributed by atoms with Crippen LogP contribution >= 0.6 is 15.9 Å². The van der Waals surface area contributed by atoms with E-state index < -0.39 is 0 Å². The van der Waals surface area contributed by atoms with E-state index >= 15 is 0 Å². The first-order valence-corrected chi connectivity index (χ1v) is 8.05. The van der Waals surface area contributed by atoms with Gasteiger partial charge in [-0.25, -0.2) is 0 Å². The molecule has 0 radical (unpaired) electrons. The molecule has 1 N–H and O–H groups in total. The zero-order valence-corrected chi connectivity index (χ0v) is 15.2. The Morgan fingerprint density at radius 1 is 1.33 bits per heavy atom. The largest absolute Gasteiger partial charge is 0.311 e. The summed E-state index contributed by atoms with van der Waals surface area (Å²) in [5.41, 5.74) is 4.82. The third-order valence-corrected chi connectivity index (χ3v) is 4.63. The summed E-state index contributed by atoms with van der Waals surface area (Å²) >= 11 is 3.64. The Bertz CT molecular complexity index is 626. The highest BCUT2D eigenvalue weighted by Crippen LogP contribution is 2.29. The SMILES string of the molecule is CNC(Cc1c(C)nn(C)c1C)c1c(Br)cnn1C(C)C. The zero-order chi connectivity index (χ0) is 15.7. The van der Waals surface area contributed by atoms with Crippen LogP contribution < -0.4 is 5.32 Å². The molecule has 6 heteroatoms. The lowest BCUT2D eigenvalue weighted by molar-refractivity contribution is 0.458. The monoisotopic (exact) mass is 353 g/mol. The lowest BCUT2D eigenvalue weighted by atomic mass is 10.0. The highest BCUT2D eigenvalue weighted by molar-refractivity contribution is 9.10. The maximum absolute atomic E-state index is 4.51. The van der Waals surface area contributed by atoms with E-state index in [4.69, 9.17) is 0 Å². The van der Waals surface area contributed by atoms with Gasteiger partial charge in [0, 0.05) is 18.8 Å². The average molecular weight is 354 g/mol. The van der Waals surface area contributed by atoms with E-state index in [-0.39, 0.29) is 6.04 Å². The summed E-state index contributed by atoms with van der Waals surface area (Å²) < 4.78 is 5.08. The molecule has 1 atom stereocenters. The van der Waals surface area contributed by atoms with Gasteiger partial charge in [-0.3, -0.25) is 9.36 Å². The molecule has 116 valence electrons. The molecule has 0 bridgehead atoms. The Morgan fingerprint density at radius 3 is 2.48 bits per heavy atom. The van der Waals surface area contributed by atoms with Crippen molar-refractivity contribution in [2.24, 2.45) is 7.05 Å². The van der Waals surface area contributed by atoms with Gasteiger partial charge in [-0.1, -0.05) is 0 Å². The van der Waals surface area contributed by atoms with E-state index in [0.717, 1.165) is 16.6 Å². The second kappa shape index (κ2) is 6.32. The van der Waals surface area contributed by atoms with Crippen molar-refractivity contribution in [2.45, 2.75) is 46.2 Å². The van der Waals surface area contributed by atoms with Crippen LogP contribution in [0, 0.1) is 13.8 Å². The first-order valence-electron chi connectivity index (χ1n) is 7.26. The Hall–Kier alpha value is -1.14. The summed E-state index contributed by atoms with van der Waals surface area (Å²) in [6.45, 7) is 8.49. The van der Waals surface area contributed by atoms with Crippen molar-refractivity contribution in [3.05, 3.63) is 33.3 Å². The Kier molecular flexibility index (Phi) is 4.88. The molecule has 0 aromatic carbocycles. The molecule has 0 amide bonds. The topological polar surface area (TPSA) is 47.7 Å². The molecule has 1 unspecified atom stereocenters. The fourth-order valence-corrected chi connectivity index (χ4v) is 3.29. The van der Waals surface area contributed by atoms with Gasteiger partial charge >= 0.3 is 0 Å². The third kappa shape index (κ3) is 3.06. The van der Waals surface area contributed by atoms with Gasteiger partial charge in [0.05, 0.1) is 28.1 Å². The molecule has 0 saturated heterocycles. The van der Waals surface area contributed by atoms with Gasteiger partial charge in [0.1, 0.15) is 0 Å². The van der Waals surface area contributed by atoms with Gasteiger partial charge in [0.25, 0.3) is 0 Å². The van der Waals surface area contributed by atoms with E-state index in [9.17, 15) is 0 Å². The first-order chi connectivity index (χ1) is 9.86. The normalized spacial score (nSPS) is 13.1. The van der Waals surface area contributed by atoms with Crippen LogP contribution in [0.3, 0.4) is 0 Å². The lowest BCUT2D eigenvalue weighted by Crippen LogP contribution is -2.24. The summed E-state index contributed by atoms with van der Waals surface area (Å²) in [4.78, 5) is 0. The van der Waals surface area contributed by atoms with Gasteiger partial charge in [0.15, 0.2) is 0 Å². The number of hydrogen-bond donors (Lipinski definition) is 1. The number of likely N-dealkylation sites (N-methyl/N-ethyl adjacent to an activating group) is 1. The maximum atomic E-state index is 4.51. The van der Waals surface area contributed by atoms with Crippen LogP contribution in [0.5, 0.6) is 0 Å². The molecule has 0 aliphatic carbocycles. The zero-order valence-electron chi connectivity index (χ0n) is 13.6. The minimum absolute atomic E-state index is 0.200. The standard InChI is InChI=1S/C15H24BrN5/c1-9(2)21-15(13(16)8-18-21)14(17-5)7-12-10(3)19-20(6)11(12)4/h8-9,14,17H,7H2,1-6H3. The first kappa shape index (κ1) is 16.2. The molecular weight excluding hydrogens is 330 g/mol. The number of aryl methyl sites for hydroxylation is 2. The number of nitrogens with zero attached hydrogens (tertiary/aromatic N) is 4. The number of halogens is 1. The Morgan fingerprint density at radius 2 is 2.00 bits per heavy atom. The molecule has 5 nitrogen and oxygen atoms in total. The van der Waals surface area contributed by atoms with Crippen molar-refractivity contribution in [3.63, 3.8) is 0 Å². The minimum Gasteiger partial charge on any atom is -0.311 e. The van der Waals surface area contributed by atoms with E-state index in [1.165, 1.54) is 17.0 Å². The fourth-order valence-electron chi connectivity index (χ4n) is 2.74. The van der Waals surface area contributed by atoms with Gasteiger partial charge in [0.2, 0.25) is 0 Å². The van der Waals surface area contributed by atoms with Crippen molar-refractivity contribution in [2.75, 3.05) is 7.05 Å². The van der Waals surface area contributed by atoms with Gasteiger partial charge < -0.3 is 5.32 Å². The van der Waals surface area contributed by atoms with Gasteiger partial charge in [-0.2, -0.15) is 10.2 Å². The molecule has 0 aliphatic heterocycles. The smallest absolute Gasteiger partial charge is 0.0702 e. The summed E-state index contributed by atoms with van der Waals surface area (Å²) in [6, 6.07) is 0.532. The van der Waals surface area contributed by atoms with Gasteiger partial charge in [-0.05, 0) is 62.7 Å². The second-order valence-electron chi connectivity index (χ2n) is 5.73. The van der Waals surface area contributed by atoms with E-state index in [2.05, 4.69) is 63.8 Å². The van der Waals surface area contributed by atoms with Crippen molar-refractivity contribution >= 4 is 15.9 Å². The molecule has 0 fully saturated rings. The molecule has 0 aliphatic rings. The number of aromatic nitrogens is 4. The Balaban J connectivity index is 2.39. The molecule has 0 spiro atoms. The van der Waals surface area contributed by atoms with E-state index in [1.54, 1.807) is 0 Å². The van der Waals surface area contributed by atoms with Crippen LogP contribution in [0.2, 0.25) is 0 Å². The quantitative estimate of drug-likeness (QED) is 0.898. The number of nitrogens with one attached hydrogen (secondary N) is 1. The Labute approximate surface area is 134 Å². The van der Waals surface area contributed by atoms with Crippen LogP contribution in [0.1, 0.15) is 48.6 Å². The van der Waals surface area contributed by atoms with Crippen LogP contribution in [0.15, 0.2) is 10.7 Å². The number of rotatable bonds is 5. The van der Waals surface area contributed by atoms with Crippen molar-refractivity contribution in [3.8, 4) is 0 Å². The van der Waals surface area contributed by atoms with E-state index in [0.29, 0.717) is 6.04 Å². The molecule has 2 heterocycles. The lowest BCUT2D eigenvalue weighted by Gasteiger charge is -2.21. The summed E-state index contributed by atoms with van der Waals surface area (Å²) in [5.74, 6) is 0. The van der Waals surface area contributed by atoms with Crippen molar-refractivity contribution < 1.29 is 0 Å². The average Bonchev–Trinajstić information content (AvgIpc) is 2.91.